The minimum atomic E-state index is -4.59. The van der Waals surface area contributed by atoms with Gasteiger partial charge in [0.15, 0.2) is 5.78 Å². The van der Waals surface area contributed by atoms with Gasteiger partial charge in [-0.15, -0.1) is 0 Å². The number of alkyl halides is 3. The molecular formula is C16H17F3N2O2. The summed E-state index contributed by atoms with van der Waals surface area (Å²) in [6, 6.07) is 4.03. The zero-order valence-electron chi connectivity index (χ0n) is 13.1. The predicted octanol–water partition coefficient (Wildman–Crippen LogP) is 3.47. The minimum Gasteiger partial charge on any atom is -0.372 e. The molecule has 1 aliphatic rings. The molecule has 7 heteroatoms. The van der Waals surface area contributed by atoms with Gasteiger partial charge < -0.3 is 4.74 Å². The molecule has 2 rings (SSSR count). The molecule has 0 aliphatic heterocycles. The van der Waals surface area contributed by atoms with Crippen molar-refractivity contribution < 1.29 is 22.7 Å². The van der Waals surface area contributed by atoms with Crippen LogP contribution >= 0.6 is 0 Å². The van der Waals surface area contributed by atoms with E-state index in [1.54, 1.807) is 13.8 Å². The highest BCUT2D eigenvalue weighted by atomic mass is 19.4. The quantitative estimate of drug-likeness (QED) is 0.835. The fourth-order valence-corrected chi connectivity index (χ4v) is 3.30. The molecule has 2 unspecified atom stereocenters. The zero-order valence-corrected chi connectivity index (χ0v) is 13.1. The Kier molecular flexibility index (Phi) is 4.24. The summed E-state index contributed by atoms with van der Waals surface area (Å²) < 4.78 is 45.4. The zero-order chi connectivity index (χ0) is 17.5. The van der Waals surface area contributed by atoms with Crippen molar-refractivity contribution in [2.75, 3.05) is 7.11 Å². The van der Waals surface area contributed by atoms with E-state index in [4.69, 9.17) is 4.74 Å². The number of methoxy groups -OCH3 is 1. The molecule has 1 aromatic heterocycles. The van der Waals surface area contributed by atoms with E-state index >= 15 is 0 Å². The summed E-state index contributed by atoms with van der Waals surface area (Å²) in [5.41, 5.74) is -3.57. The molecule has 4 nitrogen and oxygen atoms in total. The van der Waals surface area contributed by atoms with Gasteiger partial charge in [-0.25, -0.2) is 0 Å². The van der Waals surface area contributed by atoms with Gasteiger partial charge in [0.25, 0.3) is 0 Å². The molecule has 124 valence electrons. The molecule has 0 aromatic carbocycles. The first-order valence-corrected chi connectivity index (χ1v) is 7.09. The Morgan fingerprint density at radius 1 is 1.43 bits per heavy atom. The van der Waals surface area contributed by atoms with E-state index in [9.17, 15) is 23.2 Å². The molecule has 0 amide bonds. The van der Waals surface area contributed by atoms with Gasteiger partial charge in [-0.1, -0.05) is 13.8 Å². The first-order valence-electron chi connectivity index (χ1n) is 7.09. The van der Waals surface area contributed by atoms with Crippen molar-refractivity contribution in [1.29, 1.82) is 5.26 Å². The normalized spacial score (nSPS) is 27.5. The standard InChI is InChI=1S/C16H17F3N2O2/c1-14(2)9-15(23-3,7-10(8-20)13(14)22)12-11(16(17,18)19)5-4-6-21-12/h4-6,10H,7,9H2,1-3H3. The molecule has 0 N–H and O–H groups in total. The van der Waals surface area contributed by atoms with E-state index in [1.165, 1.54) is 19.4 Å². The van der Waals surface area contributed by atoms with Gasteiger partial charge in [-0.05, 0) is 18.6 Å². The average molecular weight is 326 g/mol. The van der Waals surface area contributed by atoms with Crippen molar-refractivity contribution in [1.82, 2.24) is 4.98 Å². The number of pyridine rings is 1. The van der Waals surface area contributed by atoms with Gasteiger partial charge in [0, 0.05) is 25.1 Å². The van der Waals surface area contributed by atoms with Crippen molar-refractivity contribution in [3.63, 3.8) is 0 Å². The van der Waals surface area contributed by atoms with Crippen molar-refractivity contribution >= 4 is 5.78 Å². The van der Waals surface area contributed by atoms with E-state index in [-0.39, 0.29) is 24.3 Å². The van der Waals surface area contributed by atoms with Crippen molar-refractivity contribution in [2.45, 2.75) is 38.5 Å². The van der Waals surface area contributed by atoms with Gasteiger partial charge in [0.05, 0.1) is 17.3 Å². The highest BCUT2D eigenvalue weighted by Gasteiger charge is 2.54. The Morgan fingerprint density at radius 3 is 2.61 bits per heavy atom. The molecule has 0 saturated heterocycles. The number of Topliss-reactive ketones (excluding diaryl/α,β-unsaturated/α-hetero) is 1. The number of rotatable bonds is 2. The van der Waals surface area contributed by atoms with Gasteiger partial charge in [-0.2, -0.15) is 18.4 Å². The van der Waals surface area contributed by atoms with Gasteiger partial charge in [0.2, 0.25) is 0 Å². The fraction of sp³-hybridized carbons (Fsp3) is 0.562. The van der Waals surface area contributed by atoms with Crippen LogP contribution in [-0.4, -0.2) is 17.9 Å². The molecule has 1 aliphatic carbocycles. The third-order valence-corrected chi connectivity index (χ3v) is 4.34. The number of nitriles is 1. The molecule has 1 fully saturated rings. The Labute approximate surface area is 132 Å². The molecule has 1 heterocycles. The lowest BCUT2D eigenvalue weighted by atomic mass is 9.63. The number of nitrogens with zero attached hydrogens (tertiary/aromatic N) is 2. The third kappa shape index (κ3) is 2.95. The molecule has 2 atom stereocenters. The van der Waals surface area contributed by atoms with Crippen LogP contribution < -0.4 is 0 Å². The maximum atomic E-state index is 13.3. The summed E-state index contributed by atoms with van der Waals surface area (Å²) in [6.45, 7) is 3.23. The number of carbonyl (C=O) groups excluding carboxylic acids is 1. The number of ketones is 1. The van der Waals surface area contributed by atoms with E-state index < -0.39 is 28.7 Å². The van der Waals surface area contributed by atoms with Gasteiger partial charge in [0.1, 0.15) is 11.5 Å². The SMILES string of the molecule is COC1(c2ncccc2C(F)(F)F)CC(C#N)C(=O)C(C)(C)C1. The van der Waals surface area contributed by atoms with Crippen LogP contribution in [0.25, 0.3) is 0 Å². The van der Waals surface area contributed by atoms with Crippen molar-refractivity contribution in [3.05, 3.63) is 29.6 Å². The van der Waals surface area contributed by atoms with Crippen LogP contribution in [0.3, 0.4) is 0 Å². The Morgan fingerprint density at radius 2 is 2.09 bits per heavy atom. The van der Waals surface area contributed by atoms with Crippen LogP contribution in [0, 0.1) is 22.7 Å². The second kappa shape index (κ2) is 5.60. The number of aromatic nitrogens is 1. The highest BCUT2D eigenvalue weighted by Crippen LogP contribution is 2.50. The smallest absolute Gasteiger partial charge is 0.372 e. The molecule has 0 spiro atoms. The Balaban J connectivity index is 2.64. The molecule has 23 heavy (non-hydrogen) atoms. The highest BCUT2D eigenvalue weighted by molar-refractivity contribution is 5.89. The monoisotopic (exact) mass is 326 g/mol. The summed E-state index contributed by atoms with van der Waals surface area (Å²) in [5, 5.41) is 9.23. The van der Waals surface area contributed by atoms with Crippen LogP contribution in [0.15, 0.2) is 18.3 Å². The van der Waals surface area contributed by atoms with Gasteiger partial charge >= 0.3 is 6.18 Å². The molecule has 0 bridgehead atoms. The molecular weight excluding hydrogens is 309 g/mol. The van der Waals surface area contributed by atoms with Crippen LogP contribution in [0.4, 0.5) is 13.2 Å². The van der Waals surface area contributed by atoms with Gasteiger partial charge in [-0.3, -0.25) is 9.78 Å². The number of hydrogen-bond donors (Lipinski definition) is 0. The lowest BCUT2D eigenvalue weighted by Gasteiger charge is -2.44. The maximum Gasteiger partial charge on any atom is 0.418 e. The number of halogens is 3. The predicted molar refractivity (Wildman–Crippen MR) is 75.1 cm³/mol. The second-order valence-corrected chi connectivity index (χ2v) is 6.41. The fourth-order valence-electron chi connectivity index (χ4n) is 3.30. The van der Waals surface area contributed by atoms with E-state index in [0.717, 1.165) is 6.07 Å². The van der Waals surface area contributed by atoms with Crippen LogP contribution in [0.5, 0.6) is 0 Å². The van der Waals surface area contributed by atoms with Crippen LogP contribution in [0.2, 0.25) is 0 Å². The summed E-state index contributed by atoms with van der Waals surface area (Å²) in [5.74, 6) is -1.31. The van der Waals surface area contributed by atoms with E-state index in [1.807, 2.05) is 6.07 Å². The largest absolute Gasteiger partial charge is 0.418 e. The van der Waals surface area contributed by atoms with Crippen molar-refractivity contribution in [3.8, 4) is 6.07 Å². The van der Waals surface area contributed by atoms with E-state index in [0.29, 0.717) is 0 Å². The maximum absolute atomic E-state index is 13.3. The summed E-state index contributed by atoms with van der Waals surface area (Å²) in [4.78, 5) is 16.2. The second-order valence-electron chi connectivity index (χ2n) is 6.41. The Hall–Kier alpha value is -1.94. The lowest BCUT2D eigenvalue weighted by Crippen LogP contribution is -2.49. The molecule has 1 saturated carbocycles. The number of carbonyl (C=O) groups is 1. The topological polar surface area (TPSA) is 63.0 Å². The number of ether oxygens (including phenoxy) is 1. The summed E-state index contributed by atoms with van der Waals surface area (Å²) in [7, 11) is 1.29. The Bertz CT molecular complexity index is 664. The van der Waals surface area contributed by atoms with Crippen LogP contribution in [-0.2, 0) is 21.3 Å². The summed E-state index contributed by atoms with van der Waals surface area (Å²) in [6.07, 6.45) is -3.44. The minimum absolute atomic E-state index is 0.0353. The first kappa shape index (κ1) is 17.4. The summed E-state index contributed by atoms with van der Waals surface area (Å²) >= 11 is 0. The molecule has 1 aromatic rings. The third-order valence-electron chi connectivity index (χ3n) is 4.34. The first-order chi connectivity index (χ1) is 10.6. The van der Waals surface area contributed by atoms with Crippen LogP contribution in [0.1, 0.15) is 37.9 Å². The lowest BCUT2D eigenvalue weighted by molar-refractivity contribution is -0.154. The average Bonchev–Trinajstić information content (AvgIpc) is 2.49. The molecule has 0 radical (unpaired) electrons. The van der Waals surface area contributed by atoms with E-state index in [2.05, 4.69) is 4.98 Å². The number of hydrogen-bond acceptors (Lipinski definition) is 4. The van der Waals surface area contributed by atoms with Crippen molar-refractivity contribution in [2.24, 2.45) is 11.3 Å².